The molecule has 0 radical (unpaired) electrons. The van der Waals surface area contributed by atoms with E-state index in [1.54, 1.807) is 0 Å². The van der Waals surface area contributed by atoms with Gasteiger partial charge in [-0.1, -0.05) is 28.1 Å². The Morgan fingerprint density at radius 1 is 1.39 bits per heavy atom. The third kappa shape index (κ3) is 3.17. The Hall–Kier alpha value is -1.20. The topological polar surface area (TPSA) is 63.4 Å². The minimum absolute atomic E-state index is 0.103. The van der Waals surface area contributed by atoms with Gasteiger partial charge in [0, 0.05) is 23.5 Å². The van der Waals surface area contributed by atoms with E-state index < -0.39 is 0 Å². The summed E-state index contributed by atoms with van der Waals surface area (Å²) in [5.74, 6) is -0.301. The molecule has 0 aliphatic carbocycles. The number of nitrogens with zero attached hydrogens (tertiary/aromatic N) is 1. The van der Waals surface area contributed by atoms with Crippen LogP contribution < -0.4 is 5.73 Å². The van der Waals surface area contributed by atoms with Crippen molar-refractivity contribution < 1.29 is 9.59 Å². The van der Waals surface area contributed by atoms with Gasteiger partial charge in [0.15, 0.2) is 0 Å². The van der Waals surface area contributed by atoms with Crippen molar-refractivity contribution in [2.45, 2.75) is 25.3 Å². The van der Waals surface area contributed by atoms with E-state index in [0.29, 0.717) is 13.0 Å². The largest absolute Gasteiger partial charge is 0.327 e. The zero-order chi connectivity index (χ0) is 13.1. The summed E-state index contributed by atoms with van der Waals surface area (Å²) < 4.78 is 0.971. The summed E-state index contributed by atoms with van der Waals surface area (Å²) in [5, 5.41) is 0. The molecule has 18 heavy (non-hydrogen) atoms. The summed E-state index contributed by atoms with van der Waals surface area (Å²) in [6.07, 6.45) is 1.22. The summed E-state index contributed by atoms with van der Waals surface area (Å²) in [6, 6.07) is 7.42. The SMILES string of the molecule is NC1CCN(C(=O)Cc2ccc(Br)cc2)C(=O)C1. The van der Waals surface area contributed by atoms with Crippen LogP contribution in [-0.2, 0) is 16.0 Å². The molecule has 5 heteroatoms. The predicted molar refractivity (Wildman–Crippen MR) is 71.8 cm³/mol. The number of rotatable bonds is 2. The van der Waals surface area contributed by atoms with Gasteiger partial charge in [0.1, 0.15) is 0 Å². The third-order valence-electron chi connectivity index (χ3n) is 3.03. The van der Waals surface area contributed by atoms with E-state index >= 15 is 0 Å². The molecule has 2 amide bonds. The Morgan fingerprint density at radius 2 is 2.06 bits per heavy atom. The fourth-order valence-corrected chi connectivity index (χ4v) is 2.26. The minimum atomic E-state index is -0.157. The van der Waals surface area contributed by atoms with Gasteiger partial charge in [-0.05, 0) is 24.1 Å². The Kier molecular flexibility index (Phi) is 4.14. The maximum Gasteiger partial charge on any atom is 0.233 e. The average Bonchev–Trinajstić information content (AvgIpc) is 2.32. The van der Waals surface area contributed by atoms with E-state index in [1.165, 1.54) is 4.90 Å². The lowest BCUT2D eigenvalue weighted by molar-refractivity contribution is -0.146. The number of carbonyl (C=O) groups excluding carboxylic acids is 2. The van der Waals surface area contributed by atoms with Crippen molar-refractivity contribution in [2.24, 2.45) is 5.73 Å². The molecule has 1 aliphatic heterocycles. The number of likely N-dealkylation sites (tertiary alicyclic amines) is 1. The molecule has 1 aromatic rings. The molecule has 1 aliphatic rings. The predicted octanol–water partition coefficient (Wildman–Crippen LogP) is 1.47. The highest BCUT2D eigenvalue weighted by molar-refractivity contribution is 9.10. The Morgan fingerprint density at radius 3 is 2.67 bits per heavy atom. The van der Waals surface area contributed by atoms with Gasteiger partial charge < -0.3 is 5.73 Å². The summed E-state index contributed by atoms with van der Waals surface area (Å²) >= 11 is 3.34. The molecule has 2 N–H and O–H groups in total. The normalized spacial score (nSPS) is 20.0. The average molecular weight is 311 g/mol. The van der Waals surface area contributed by atoms with E-state index in [4.69, 9.17) is 5.73 Å². The van der Waals surface area contributed by atoms with E-state index in [2.05, 4.69) is 15.9 Å². The van der Waals surface area contributed by atoms with Crippen molar-refractivity contribution in [3.63, 3.8) is 0 Å². The van der Waals surface area contributed by atoms with Gasteiger partial charge in [-0.15, -0.1) is 0 Å². The van der Waals surface area contributed by atoms with Crippen LogP contribution in [0.1, 0.15) is 18.4 Å². The molecular weight excluding hydrogens is 296 g/mol. The van der Waals surface area contributed by atoms with E-state index in [1.807, 2.05) is 24.3 Å². The Balaban J connectivity index is 1.99. The molecule has 96 valence electrons. The van der Waals surface area contributed by atoms with Crippen molar-refractivity contribution in [3.05, 3.63) is 34.3 Å². The van der Waals surface area contributed by atoms with Crippen LogP contribution in [0.15, 0.2) is 28.7 Å². The van der Waals surface area contributed by atoms with Crippen molar-refractivity contribution in [1.29, 1.82) is 0 Å². The first-order valence-electron chi connectivity index (χ1n) is 5.89. The fraction of sp³-hybridized carbons (Fsp3) is 0.385. The van der Waals surface area contributed by atoms with Gasteiger partial charge in [0.2, 0.25) is 11.8 Å². The summed E-state index contributed by atoms with van der Waals surface area (Å²) in [5.41, 5.74) is 6.60. The van der Waals surface area contributed by atoms with Gasteiger partial charge in [0.25, 0.3) is 0 Å². The molecule has 0 saturated carbocycles. The molecule has 0 bridgehead atoms. The summed E-state index contributed by atoms with van der Waals surface area (Å²) in [6.45, 7) is 0.440. The summed E-state index contributed by atoms with van der Waals surface area (Å²) in [7, 11) is 0. The van der Waals surface area contributed by atoms with E-state index in [9.17, 15) is 9.59 Å². The summed E-state index contributed by atoms with van der Waals surface area (Å²) in [4.78, 5) is 25.1. The molecule has 1 heterocycles. The molecule has 1 unspecified atom stereocenters. The molecule has 1 saturated heterocycles. The van der Waals surface area contributed by atoms with Gasteiger partial charge >= 0.3 is 0 Å². The van der Waals surface area contributed by atoms with Gasteiger partial charge in [-0.25, -0.2) is 0 Å². The van der Waals surface area contributed by atoms with Crippen molar-refractivity contribution in [2.75, 3.05) is 6.54 Å². The van der Waals surface area contributed by atoms with Crippen LogP contribution in [0.4, 0.5) is 0 Å². The molecule has 1 atom stereocenters. The molecule has 2 rings (SSSR count). The number of hydrogen-bond donors (Lipinski definition) is 1. The third-order valence-corrected chi connectivity index (χ3v) is 3.56. The first-order chi connectivity index (χ1) is 8.56. The monoisotopic (exact) mass is 310 g/mol. The quantitative estimate of drug-likeness (QED) is 0.899. The molecular formula is C13H15BrN2O2. The number of piperidine rings is 1. The lowest BCUT2D eigenvalue weighted by Crippen LogP contribution is -2.47. The maximum absolute atomic E-state index is 12.0. The number of hydrogen-bond acceptors (Lipinski definition) is 3. The second-order valence-corrected chi connectivity index (χ2v) is 5.41. The second kappa shape index (κ2) is 5.63. The highest BCUT2D eigenvalue weighted by Crippen LogP contribution is 2.14. The standard InChI is InChI=1S/C13H15BrN2O2/c14-10-3-1-9(2-4-10)7-12(17)16-6-5-11(15)8-13(16)18/h1-4,11H,5-8,15H2. The molecule has 0 spiro atoms. The fourth-order valence-electron chi connectivity index (χ4n) is 1.99. The van der Waals surface area contributed by atoms with Gasteiger partial charge in [-0.2, -0.15) is 0 Å². The van der Waals surface area contributed by atoms with Crippen LogP contribution >= 0.6 is 15.9 Å². The number of nitrogens with two attached hydrogens (primary N) is 1. The van der Waals surface area contributed by atoms with Crippen LogP contribution in [0.5, 0.6) is 0 Å². The van der Waals surface area contributed by atoms with Crippen molar-refractivity contribution in [1.82, 2.24) is 4.90 Å². The first kappa shape index (κ1) is 13.2. The zero-order valence-corrected chi connectivity index (χ0v) is 11.5. The molecule has 1 fully saturated rings. The van der Waals surface area contributed by atoms with Crippen LogP contribution in [0, 0.1) is 0 Å². The number of carbonyl (C=O) groups is 2. The number of benzene rings is 1. The lowest BCUT2D eigenvalue weighted by Gasteiger charge is -2.28. The van der Waals surface area contributed by atoms with Crippen molar-refractivity contribution >= 4 is 27.7 Å². The minimum Gasteiger partial charge on any atom is -0.327 e. The molecule has 1 aromatic carbocycles. The van der Waals surface area contributed by atoms with Gasteiger partial charge in [-0.3, -0.25) is 14.5 Å². The van der Waals surface area contributed by atoms with E-state index in [0.717, 1.165) is 10.0 Å². The number of halogens is 1. The smallest absolute Gasteiger partial charge is 0.233 e. The number of imide groups is 1. The van der Waals surface area contributed by atoms with Gasteiger partial charge in [0.05, 0.1) is 6.42 Å². The maximum atomic E-state index is 12.0. The lowest BCUT2D eigenvalue weighted by atomic mass is 10.0. The van der Waals surface area contributed by atoms with Crippen molar-refractivity contribution in [3.8, 4) is 0 Å². The second-order valence-electron chi connectivity index (χ2n) is 4.50. The molecule has 4 nitrogen and oxygen atoms in total. The number of amides is 2. The zero-order valence-electron chi connectivity index (χ0n) is 9.93. The highest BCUT2D eigenvalue weighted by atomic mass is 79.9. The van der Waals surface area contributed by atoms with Crippen LogP contribution in [-0.4, -0.2) is 29.3 Å². The van der Waals surface area contributed by atoms with Crippen LogP contribution in [0.25, 0.3) is 0 Å². The van der Waals surface area contributed by atoms with Crippen LogP contribution in [0.2, 0.25) is 0 Å². The van der Waals surface area contributed by atoms with E-state index in [-0.39, 0.29) is 30.7 Å². The highest BCUT2D eigenvalue weighted by Gasteiger charge is 2.27. The van der Waals surface area contributed by atoms with Crippen LogP contribution in [0.3, 0.4) is 0 Å². The Labute approximate surface area is 114 Å². The molecule has 0 aromatic heterocycles. The first-order valence-corrected chi connectivity index (χ1v) is 6.69. The Bertz CT molecular complexity index is 459.